The molecule has 0 unspecified atom stereocenters. The predicted octanol–water partition coefficient (Wildman–Crippen LogP) is 1.10. The summed E-state index contributed by atoms with van der Waals surface area (Å²) in [6.45, 7) is 3.48. The molecule has 2 heterocycles. The van der Waals surface area contributed by atoms with Gasteiger partial charge in [-0.15, -0.1) is 0 Å². The van der Waals surface area contributed by atoms with Gasteiger partial charge in [0, 0.05) is 18.9 Å². The molecule has 122 valence electrons. The first-order valence-electron chi connectivity index (χ1n) is 7.95. The number of nitrogens with two attached hydrogens (primary N) is 1. The van der Waals surface area contributed by atoms with Crippen LogP contribution in [0.15, 0.2) is 18.5 Å². The zero-order valence-corrected chi connectivity index (χ0v) is 13.1. The molecular formula is C15H25N5O2. The summed E-state index contributed by atoms with van der Waals surface area (Å²) >= 11 is 0. The molecule has 1 aromatic rings. The zero-order chi connectivity index (χ0) is 15.9. The van der Waals surface area contributed by atoms with Crippen LogP contribution in [0, 0.1) is 0 Å². The number of likely N-dealkylation sites (tertiary alicyclic amines) is 1. The lowest BCUT2D eigenvalue weighted by Crippen LogP contribution is -2.52. The molecule has 1 aromatic heterocycles. The fourth-order valence-electron chi connectivity index (χ4n) is 2.98. The van der Waals surface area contributed by atoms with Crippen molar-refractivity contribution in [2.75, 3.05) is 6.54 Å². The van der Waals surface area contributed by atoms with E-state index in [1.54, 1.807) is 6.20 Å². The lowest BCUT2D eigenvalue weighted by Gasteiger charge is -2.29. The summed E-state index contributed by atoms with van der Waals surface area (Å²) in [7, 11) is 0. The molecule has 3 N–H and O–H groups in total. The van der Waals surface area contributed by atoms with Crippen molar-refractivity contribution >= 4 is 11.9 Å². The van der Waals surface area contributed by atoms with Crippen molar-refractivity contribution in [2.45, 2.75) is 57.7 Å². The van der Waals surface area contributed by atoms with E-state index in [1.165, 1.54) is 0 Å². The highest BCUT2D eigenvalue weighted by atomic mass is 16.2. The summed E-state index contributed by atoms with van der Waals surface area (Å²) in [5.74, 6) is -0.0260. The SMILES string of the molecule is CCCC[C@H](NC(N)=O)C(=O)N1CCC[C@H]1Cn1cccn1. The Morgan fingerprint density at radius 3 is 2.95 bits per heavy atom. The molecule has 1 saturated heterocycles. The monoisotopic (exact) mass is 307 g/mol. The van der Waals surface area contributed by atoms with E-state index in [-0.39, 0.29) is 11.9 Å². The molecule has 2 rings (SSSR count). The van der Waals surface area contributed by atoms with Crippen molar-refractivity contribution in [3.63, 3.8) is 0 Å². The summed E-state index contributed by atoms with van der Waals surface area (Å²) in [4.78, 5) is 25.8. The Balaban J connectivity index is 2.01. The highest BCUT2D eigenvalue weighted by Gasteiger charge is 2.33. The Hall–Kier alpha value is -2.05. The van der Waals surface area contributed by atoms with Crippen LogP contribution in [0.25, 0.3) is 0 Å². The number of amides is 3. The molecular weight excluding hydrogens is 282 g/mol. The Kier molecular flexibility index (Phi) is 5.80. The quantitative estimate of drug-likeness (QED) is 0.790. The van der Waals surface area contributed by atoms with E-state index in [0.717, 1.165) is 32.2 Å². The van der Waals surface area contributed by atoms with Crippen molar-refractivity contribution in [2.24, 2.45) is 5.73 Å². The molecule has 0 aliphatic carbocycles. The molecule has 2 atom stereocenters. The molecule has 0 radical (unpaired) electrons. The standard InChI is InChI=1S/C15H25N5O2/c1-2-3-7-13(18-15(16)22)14(21)20-10-4-6-12(20)11-19-9-5-8-17-19/h5,8-9,12-13H,2-4,6-7,10-11H2,1H3,(H3,16,18,22)/t12-,13-/m0/s1. The number of carbonyl (C=O) groups excluding carboxylic acids is 2. The maximum Gasteiger partial charge on any atom is 0.312 e. The molecule has 1 aliphatic rings. The Morgan fingerprint density at radius 1 is 1.50 bits per heavy atom. The highest BCUT2D eigenvalue weighted by molar-refractivity contribution is 5.86. The number of rotatable bonds is 7. The van der Waals surface area contributed by atoms with Crippen molar-refractivity contribution in [3.8, 4) is 0 Å². The van der Waals surface area contributed by atoms with E-state index in [2.05, 4.69) is 17.3 Å². The fraction of sp³-hybridized carbons (Fsp3) is 0.667. The normalized spacial score (nSPS) is 19.1. The van der Waals surface area contributed by atoms with Crippen LogP contribution in [0.4, 0.5) is 4.79 Å². The van der Waals surface area contributed by atoms with Gasteiger partial charge in [0.15, 0.2) is 0 Å². The second-order valence-electron chi connectivity index (χ2n) is 5.76. The average Bonchev–Trinajstić information content (AvgIpc) is 3.14. The Labute approximate surface area is 130 Å². The number of nitrogens with one attached hydrogen (secondary N) is 1. The molecule has 0 bridgehead atoms. The van der Waals surface area contributed by atoms with E-state index in [9.17, 15) is 9.59 Å². The van der Waals surface area contributed by atoms with E-state index < -0.39 is 12.1 Å². The van der Waals surface area contributed by atoms with E-state index >= 15 is 0 Å². The molecule has 0 spiro atoms. The second kappa shape index (κ2) is 7.82. The largest absolute Gasteiger partial charge is 0.352 e. The molecule has 1 fully saturated rings. The molecule has 22 heavy (non-hydrogen) atoms. The first kappa shape index (κ1) is 16.3. The van der Waals surface area contributed by atoms with Crippen molar-refractivity contribution in [3.05, 3.63) is 18.5 Å². The number of hydrogen-bond acceptors (Lipinski definition) is 3. The van der Waals surface area contributed by atoms with Crippen molar-refractivity contribution in [1.82, 2.24) is 20.0 Å². The molecule has 7 nitrogen and oxygen atoms in total. The number of hydrogen-bond donors (Lipinski definition) is 2. The molecule has 7 heteroatoms. The predicted molar refractivity (Wildman–Crippen MR) is 83.0 cm³/mol. The van der Waals surface area contributed by atoms with Gasteiger partial charge in [-0.3, -0.25) is 9.48 Å². The highest BCUT2D eigenvalue weighted by Crippen LogP contribution is 2.20. The van der Waals surface area contributed by atoms with Crippen LogP contribution in [-0.4, -0.2) is 45.2 Å². The van der Waals surface area contributed by atoms with Gasteiger partial charge in [0.2, 0.25) is 5.91 Å². The minimum atomic E-state index is -0.641. The van der Waals surface area contributed by atoms with Crippen LogP contribution >= 0.6 is 0 Å². The van der Waals surface area contributed by atoms with Crippen molar-refractivity contribution < 1.29 is 9.59 Å². The first-order chi connectivity index (χ1) is 10.6. The topological polar surface area (TPSA) is 93.2 Å². The molecule has 1 aliphatic heterocycles. The van der Waals surface area contributed by atoms with Crippen LogP contribution in [0.2, 0.25) is 0 Å². The number of nitrogens with zero attached hydrogens (tertiary/aromatic N) is 3. The van der Waals surface area contributed by atoms with Crippen LogP contribution in [0.3, 0.4) is 0 Å². The summed E-state index contributed by atoms with van der Waals surface area (Å²) in [5.41, 5.74) is 5.21. The minimum absolute atomic E-state index is 0.0260. The lowest BCUT2D eigenvalue weighted by molar-refractivity contribution is -0.134. The zero-order valence-electron chi connectivity index (χ0n) is 13.1. The van der Waals surface area contributed by atoms with E-state index in [0.29, 0.717) is 13.0 Å². The first-order valence-corrected chi connectivity index (χ1v) is 7.95. The van der Waals surface area contributed by atoms with E-state index in [1.807, 2.05) is 21.8 Å². The average molecular weight is 307 g/mol. The Morgan fingerprint density at radius 2 is 2.32 bits per heavy atom. The second-order valence-corrected chi connectivity index (χ2v) is 5.76. The van der Waals surface area contributed by atoms with E-state index in [4.69, 9.17) is 5.73 Å². The third-order valence-electron chi connectivity index (χ3n) is 4.08. The van der Waals surface area contributed by atoms with Crippen LogP contribution in [0.1, 0.15) is 39.0 Å². The smallest absolute Gasteiger partial charge is 0.312 e. The fourth-order valence-corrected chi connectivity index (χ4v) is 2.98. The summed E-state index contributed by atoms with van der Waals surface area (Å²) in [5, 5.41) is 6.80. The van der Waals surface area contributed by atoms with Gasteiger partial charge in [0.05, 0.1) is 12.6 Å². The van der Waals surface area contributed by atoms with Gasteiger partial charge >= 0.3 is 6.03 Å². The number of primary amides is 1. The van der Waals surface area contributed by atoms with Gasteiger partial charge < -0.3 is 16.0 Å². The van der Waals surface area contributed by atoms with Crippen LogP contribution < -0.4 is 11.1 Å². The summed E-state index contributed by atoms with van der Waals surface area (Å²) < 4.78 is 1.85. The Bertz CT molecular complexity index is 488. The molecule has 3 amide bonds. The van der Waals surface area contributed by atoms with Crippen molar-refractivity contribution in [1.29, 1.82) is 0 Å². The van der Waals surface area contributed by atoms with Gasteiger partial charge in [-0.25, -0.2) is 4.79 Å². The number of unbranched alkanes of at least 4 members (excludes halogenated alkanes) is 1. The van der Waals surface area contributed by atoms with Crippen LogP contribution in [-0.2, 0) is 11.3 Å². The third-order valence-corrected chi connectivity index (χ3v) is 4.08. The van der Waals surface area contributed by atoms with Gasteiger partial charge in [0.25, 0.3) is 0 Å². The van der Waals surface area contributed by atoms with Gasteiger partial charge in [-0.05, 0) is 25.3 Å². The number of aromatic nitrogens is 2. The van der Waals surface area contributed by atoms with Crippen LogP contribution in [0.5, 0.6) is 0 Å². The molecule has 0 aromatic carbocycles. The lowest BCUT2D eigenvalue weighted by atomic mass is 10.1. The van der Waals surface area contributed by atoms with Gasteiger partial charge in [-0.1, -0.05) is 19.8 Å². The summed E-state index contributed by atoms with van der Waals surface area (Å²) in [6.07, 6.45) is 8.06. The number of urea groups is 1. The number of carbonyl (C=O) groups is 2. The molecule has 0 saturated carbocycles. The third kappa shape index (κ3) is 4.22. The maximum atomic E-state index is 12.8. The maximum absolute atomic E-state index is 12.8. The summed E-state index contributed by atoms with van der Waals surface area (Å²) in [6, 6.07) is 0.846. The minimum Gasteiger partial charge on any atom is -0.352 e. The van der Waals surface area contributed by atoms with Gasteiger partial charge in [-0.2, -0.15) is 5.10 Å². The van der Waals surface area contributed by atoms with Gasteiger partial charge in [0.1, 0.15) is 6.04 Å².